The minimum absolute atomic E-state index is 0.0990. The number of thiazole rings is 1. The lowest BCUT2D eigenvalue weighted by Crippen LogP contribution is -2.34. The number of anilines is 1. The standard InChI is InChI=1S/C20H22N4O2S/c1-21-20(26)12-2-5-14(6-3-12)23-17-9-19(25)24-16-7-4-13(8-15(16)17)18-10-22-11-27-18/h4,7-12,14H,2-3,5-6H2,1H3,(H,21,26)(H2,23,24,25)/t12-,14+. The number of rotatable bonds is 4. The first-order valence-electron chi connectivity index (χ1n) is 9.18. The van der Waals surface area contributed by atoms with Gasteiger partial charge in [-0.15, -0.1) is 11.3 Å². The first-order valence-corrected chi connectivity index (χ1v) is 10.1. The van der Waals surface area contributed by atoms with Crippen molar-refractivity contribution in [2.24, 2.45) is 5.92 Å². The summed E-state index contributed by atoms with van der Waals surface area (Å²) in [7, 11) is 1.69. The average Bonchev–Trinajstić information content (AvgIpc) is 3.22. The Hall–Kier alpha value is -2.67. The molecule has 3 aromatic rings. The second-order valence-corrected chi connectivity index (χ2v) is 7.87. The van der Waals surface area contributed by atoms with E-state index in [1.165, 1.54) is 0 Å². The van der Waals surface area contributed by atoms with Gasteiger partial charge in [0.05, 0.1) is 15.9 Å². The van der Waals surface area contributed by atoms with Crippen molar-refractivity contribution in [2.75, 3.05) is 12.4 Å². The summed E-state index contributed by atoms with van der Waals surface area (Å²) in [6.45, 7) is 0. The fraction of sp³-hybridized carbons (Fsp3) is 0.350. The molecule has 2 aromatic heterocycles. The van der Waals surface area contributed by atoms with Crippen molar-refractivity contribution in [3.8, 4) is 10.4 Å². The number of benzene rings is 1. The molecule has 1 amide bonds. The fourth-order valence-electron chi connectivity index (χ4n) is 3.81. The summed E-state index contributed by atoms with van der Waals surface area (Å²) in [5, 5.41) is 7.29. The predicted octanol–water partition coefficient (Wildman–Crippen LogP) is 3.37. The van der Waals surface area contributed by atoms with E-state index >= 15 is 0 Å². The number of hydrogen-bond donors (Lipinski definition) is 3. The summed E-state index contributed by atoms with van der Waals surface area (Å²) in [4.78, 5) is 32.1. The number of hydrogen-bond acceptors (Lipinski definition) is 5. The maximum Gasteiger partial charge on any atom is 0.250 e. The van der Waals surface area contributed by atoms with Crippen molar-refractivity contribution in [1.82, 2.24) is 15.3 Å². The Bertz CT molecular complexity index is 1000. The Morgan fingerprint density at radius 1 is 1.22 bits per heavy atom. The van der Waals surface area contributed by atoms with Gasteiger partial charge in [-0.05, 0) is 43.4 Å². The first-order chi connectivity index (χ1) is 13.1. The number of pyridine rings is 1. The lowest BCUT2D eigenvalue weighted by molar-refractivity contribution is -0.125. The fourth-order valence-corrected chi connectivity index (χ4v) is 4.43. The molecule has 3 N–H and O–H groups in total. The average molecular weight is 382 g/mol. The summed E-state index contributed by atoms with van der Waals surface area (Å²) < 4.78 is 0. The van der Waals surface area contributed by atoms with Gasteiger partial charge in [0.1, 0.15) is 0 Å². The third-order valence-corrected chi connectivity index (χ3v) is 6.09. The summed E-state index contributed by atoms with van der Waals surface area (Å²) in [5.74, 6) is 0.228. The number of fused-ring (bicyclic) bond motifs is 1. The zero-order valence-corrected chi connectivity index (χ0v) is 15.9. The van der Waals surface area contributed by atoms with E-state index in [9.17, 15) is 9.59 Å². The van der Waals surface area contributed by atoms with Crippen molar-refractivity contribution in [1.29, 1.82) is 0 Å². The van der Waals surface area contributed by atoms with Gasteiger partial charge in [-0.25, -0.2) is 0 Å². The van der Waals surface area contributed by atoms with Gasteiger partial charge in [-0.2, -0.15) is 0 Å². The third kappa shape index (κ3) is 3.73. The maximum atomic E-state index is 12.1. The Labute approximate surface area is 161 Å². The molecular weight excluding hydrogens is 360 g/mol. The van der Waals surface area contributed by atoms with E-state index in [1.54, 1.807) is 24.5 Å². The summed E-state index contributed by atoms with van der Waals surface area (Å²) in [6.07, 6.45) is 5.42. The molecule has 6 nitrogen and oxygen atoms in total. The number of carbonyl (C=O) groups is 1. The minimum atomic E-state index is -0.116. The van der Waals surface area contributed by atoms with Crippen LogP contribution in [0.5, 0.6) is 0 Å². The molecule has 0 bridgehead atoms. The van der Waals surface area contributed by atoms with Crippen LogP contribution >= 0.6 is 11.3 Å². The van der Waals surface area contributed by atoms with E-state index in [0.717, 1.165) is 52.7 Å². The van der Waals surface area contributed by atoms with E-state index in [1.807, 2.05) is 23.8 Å². The van der Waals surface area contributed by atoms with Gasteiger partial charge in [0.15, 0.2) is 0 Å². The number of aromatic nitrogens is 2. The largest absolute Gasteiger partial charge is 0.382 e. The zero-order valence-electron chi connectivity index (χ0n) is 15.1. The van der Waals surface area contributed by atoms with Crippen LogP contribution in [0.2, 0.25) is 0 Å². The highest BCUT2D eigenvalue weighted by Crippen LogP contribution is 2.31. The molecule has 27 heavy (non-hydrogen) atoms. The molecule has 0 atom stereocenters. The monoisotopic (exact) mass is 382 g/mol. The van der Waals surface area contributed by atoms with Crippen LogP contribution in [0.15, 0.2) is 40.8 Å². The van der Waals surface area contributed by atoms with Gasteiger partial charge in [0, 0.05) is 42.3 Å². The van der Waals surface area contributed by atoms with Crippen LogP contribution in [0.4, 0.5) is 5.69 Å². The lowest BCUT2D eigenvalue weighted by atomic mass is 9.85. The Kier molecular flexibility index (Phi) is 4.94. The molecule has 0 spiro atoms. The van der Waals surface area contributed by atoms with Gasteiger partial charge in [-0.3, -0.25) is 14.6 Å². The van der Waals surface area contributed by atoms with E-state index in [-0.39, 0.29) is 23.4 Å². The highest BCUT2D eigenvalue weighted by atomic mass is 32.1. The van der Waals surface area contributed by atoms with Gasteiger partial charge < -0.3 is 15.6 Å². The van der Waals surface area contributed by atoms with Gasteiger partial charge >= 0.3 is 0 Å². The molecule has 1 saturated carbocycles. The highest BCUT2D eigenvalue weighted by Gasteiger charge is 2.25. The number of nitrogens with zero attached hydrogens (tertiary/aromatic N) is 1. The van der Waals surface area contributed by atoms with Crippen molar-refractivity contribution in [3.05, 3.63) is 46.3 Å². The molecule has 1 aromatic carbocycles. The molecule has 140 valence electrons. The van der Waals surface area contributed by atoms with Crippen LogP contribution in [0, 0.1) is 5.92 Å². The van der Waals surface area contributed by atoms with Crippen LogP contribution < -0.4 is 16.2 Å². The third-order valence-electron chi connectivity index (χ3n) is 5.26. The van der Waals surface area contributed by atoms with Gasteiger partial charge in [0.25, 0.3) is 0 Å². The second-order valence-electron chi connectivity index (χ2n) is 6.98. The summed E-state index contributed by atoms with van der Waals surface area (Å²) >= 11 is 1.59. The smallest absolute Gasteiger partial charge is 0.250 e. The Morgan fingerprint density at radius 2 is 2.04 bits per heavy atom. The molecule has 1 fully saturated rings. The highest BCUT2D eigenvalue weighted by molar-refractivity contribution is 7.13. The van der Waals surface area contributed by atoms with Crippen LogP contribution in [-0.2, 0) is 4.79 Å². The van der Waals surface area contributed by atoms with E-state index in [2.05, 4.69) is 26.7 Å². The van der Waals surface area contributed by atoms with Gasteiger partial charge in [-0.1, -0.05) is 6.07 Å². The zero-order chi connectivity index (χ0) is 18.8. The Balaban J connectivity index is 1.60. The summed E-state index contributed by atoms with van der Waals surface area (Å²) in [6, 6.07) is 7.94. The second kappa shape index (κ2) is 7.52. The first kappa shape index (κ1) is 17.7. The number of nitrogens with one attached hydrogen (secondary N) is 3. The summed E-state index contributed by atoms with van der Waals surface area (Å²) in [5.41, 5.74) is 4.45. The molecule has 1 aliphatic carbocycles. The van der Waals surface area contributed by atoms with Crippen molar-refractivity contribution in [3.63, 3.8) is 0 Å². The van der Waals surface area contributed by atoms with E-state index in [4.69, 9.17) is 0 Å². The van der Waals surface area contributed by atoms with E-state index in [0.29, 0.717) is 0 Å². The number of H-pyrrole nitrogens is 1. The maximum absolute atomic E-state index is 12.1. The predicted molar refractivity (Wildman–Crippen MR) is 109 cm³/mol. The van der Waals surface area contributed by atoms with Crippen LogP contribution in [0.3, 0.4) is 0 Å². The molecule has 7 heteroatoms. The molecular formula is C20H22N4O2S. The van der Waals surface area contributed by atoms with E-state index < -0.39 is 0 Å². The number of aromatic amines is 1. The molecule has 4 rings (SSSR count). The molecule has 0 saturated heterocycles. The molecule has 0 radical (unpaired) electrons. The quantitative estimate of drug-likeness (QED) is 0.646. The molecule has 2 heterocycles. The van der Waals surface area contributed by atoms with Crippen molar-refractivity contribution >= 4 is 33.8 Å². The minimum Gasteiger partial charge on any atom is -0.382 e. The van der Waals surface area contributed by atoms with Crippen LogP contribution in [0.25, 0.3) is 21.3 Å². The SMILES string of the molecule is CNC(=O)[C@H]1CC[C@@H](Nc2cc(=O)[nH]c3ccc(-c4cncs4)cc23)CC1. The lowest BCUT2D eigenvalue weighted by Gasteiger charge is -2.29. The number of amides is 1. The molecule has 1 aliphatic rings. The van der Waals surface area contributed by atoms with Crippen molar-refractivity contribution in [2.45, 2.75) is 31.7 Å². The molecule has 0 unspecified atom stereocenters. The van der Waals surface area contributed by atoms with Crippen LogP contribution in [0.1, 0.15) is 25.7 Å². The van der Waals surface area contributed by atoms with Crippen LogP contribution in [-0.4, -0.2) is 29.0 Å². The molecule has 0 aliphatic heterocycles. The Morgan fingerprint density at radius 3 is 2.74 bits per heavy atom. The number of carbonyl (C=O) groups excluding carboxylic acids is 1. The normalized spacial score (nSPS) is 19.7. The van der Waals surface area contributed by atoms with Gasteiger partial charge in [0.2, 0.25) is 11.5 Å². The van der Waals surface area contributed by atoms with Crippen molar-refractivity contribution < 1.29 is 4.79 Å². The topological polar surface area (TPSA) is 86.9 Å².